The van der Waals surface area contributed by atoms with Crippen LogP contribution in [0.5, 0.6) is 0 Å². The summed E-state index contributed by atoms with van der Waals surface area (Å²) >= 11 is 9.40. The van der Waals surface area contributed by atoms with Crippen LogP contribution in [0.4, 0.5) is 0 Å². The molecule has 0 saturated carbocycles. The molecule has 0 aromatic heterocycles. The summed E-state index contributed by atoms with van der Waals surface area (Å²) in [5.41, 5.74) is -2.69. The third-order valence-corrected chi connectivity index (χ3v) is 27.0. The Morgan fingerprint density at radius 3 is 1.85 bits per heavy atom. The summed E-state index contributed by atoms with van der Waals surface area (Å²) in [7, 11) is 18.1. The highest BCUT2D eigenvalue weighted by molar-refractivity contribution is 8.75. The number of rotatable bonds is 11. The van der Waals surface area contributed by atoms with E-state index >= 15 is 0 Å². The average molecular weight is 881 g/mol. The largest absolute Gasteiger partial charge is 0.481 e. The van der Waals surface area contributed by atoms with Crippen molar-refractivity contribution in [1.82, 2.24) is 0 Å². The van der Waals surface area contributed by atoms with Crippen molar-refractivity contribution >= 4 is 144 Å². The van der Waals surface area contributed by atoms with Gasteiger partial charge in [0, 0.05) is 133 Å². The molecule has 1 fully saturated rings. The minimum absolute atomic E-state index is 0.0151. The van der Waals surface area contributed by atoms with Crippen LogP contribution in [0.3, 0.4) is 0 Å². The second-order valence-electron chi connectivity index (χ2n) is 8.05. The van der Waals surface area contributed by atoms with Gasteiger partial charge in [0.2, 0.25) is 6.29 Å². The monoisotopic (exact) mass is 880 g/mol. The summed E-state index contributed by atoms with van der Waals surface area (Å²) in [6, 6.07) is 8.92. The number of aliphatic carboxylic acids is 2. The molecule has 1 aromatic rings. The Morgan fingerprint density at radius 1 is 0.935 bits per heavy atom. The maximum Gasteiger partial charge on any atom is 0.341 e. The number of benzene rings is 1. The smallest absolute Gasteiger partial charge is 0.341 e. The van der Waals surface area contributed by atoms with E-state index < -0.39 is 54.2 Å². The topological polar surface area (TPSA) is 157 Å². The van der Waals surface area contributed by atoms with Gasteiger partial charge in [0.1, 0.15) is 6.61 Å². The lowest BCUT2D eigenvalue weighted by atomic mass is 9.96. The van der Waals surface area contributed by atoms with Gasteiger partial charge < -0.3 is 29.5 Å². The maximum absolute atomic E-state index is 11.8. The number of carbonyl (C=O) groups excluding carboxylic acids is 2. The molecule has 46 heavy (non-hydrogen) atoms. The number of carbonyl (C=O) groups is 4. The van der Waals surface area contributed by atoms with Crippen molar-refractivity contribution in [3.63, 3.8) is 0 Å². The number of hydrogen-bond acceptors (Lipinski definition) is 10. The van der Waals surface area contributed by atoms with Gasteiger partial charge in [-0.1, -0.05) is 42.5 Å². The number of carboxylic acid groups (broad SMARTS) is 2. The first kappa shape index (κ1) is 45.4. The van der Waals surface area contributed by atoms with Crippen LogP contribution in [0, 0.1) is 0 Å². The summed E-state index contributed by atoms with van der Waals surface area (Å²) < 4.78 is 14.9. The van der Waals surface area contributed by atoms with Gasteiger partial charge in [0.25, 0.3) is 0 Å². The summed E-state index contributed by atoms with van der Waals surface area (Å²) in [6.45, 7) is 8.38. The van der Waals surface area contributed by atoms with Gasteiger partial charge in [-0.25, -0.2) is 9.59 Å². The molecule has 3 N–H and O–H groups in total. The van der Waals surface area contributed by atoms with Gasteiger partial charge in [0.15, 0.2) is 11.2 Å². The van der Waals surface area contributed by atoms with Crippen molar-refractivity contribution in [3.05, 3.63) is 61.2 Å². The summed E-state index contributed by atoms with van der Waals surface area (Å²) in [5.74, 6) is -3.97. The fourth-order valence-corrected chi connectivity index (χ4v) is 27.8. The Kier molecular flexibility index (Phi) is 26.8. The molecule has 10 nitrogen and oxygen atoms in total. The highest BCUT2D eigenvalue weighted by Crippen LogP contribution is 2.31. The molecule has 0 bridgehead atoms. The van der Waals surface area contributed by atoms with Crippen LogP contribution in [-0.4, -0.2) is 56.7 Å². The summed E-state index contributed by atoms with van der Waals surface area (Å²) in [5, 5.41) is 27.4. The van der Waals surface area contributed by atoms with Gasteiger partial charge in [-0.2, -0.15) is 0 Å². The first-order chi connectivity index (χ1) is 21.9. The second-order valence-corrected chi connectivity index (χ2v) is 27.5. The number of cyclic esters (lactones) is 1. The van der Waals surface area contributed by atoms with E-state index in [2.05, 4.69) is 13.2 Å². The van der Waals surface area contributed by atoms with Crippen LogP contribution in [0.25, 0.3) is 0 Å². The van der Waals surface area contributed by atoms with E-state index in [1.54, 1.807) is 111 Å². The molecule has 1 heterocycles. The van der Waals surface area contributed by atoms with Gasteiger partial charge in [-0.15, -0.1) is 13.2 Å². The third kappa shape index (κ3) is 20.7. The minimum atomic E-state index is -2.07. The van der Waals surface area contributed by atoms with Crippen LogP contribution in [0.2, 0.25) is 0 Å². The lowest BCUT2D eigenvalue weighted by molar-refractivity contribution is -0.171. The summed E-state index contributed by atoms with van der Waals surface area (Å²) in [4.78, 5) is 44.4. The first-order valence-electron chi connectivity index (χ1n) is 12.0. The number of hydrogen-bond donors (Lipinski definition) is 3. The van der Waals surface area contributed by atoms with Crippen molar-refractivity contribution in [2.45, 2.75) is 56.7 Å². The van der Waals surface area contributed by atoms with E-state index in [1.165, 1.54) is 29.9 Å². The van der Waals surface area contributed by atoms with Crippen molar-refractivity contribution < 1.29 is 48.7 Å². The van der Waals surface area contributed by atoms with Gasteiger partial charge in [0.05, 0.1) is 12.8 Å². The predicted octanol–water partition coefficient (Wildman–Crippen LogP) is 2.18. The molecule has 0 aliphatic carbocycles. The zero-order chi connectivity index (χ0) is 34.8. The SMILES string of the molecule is C=CCC1(CC(=O)O)O[C@@H](C)OC1=O.C=CC[C@@](O)(CC(=O)O)C(=O)OCc1ccccc1.S=S=S=S=S=S=S=S=S=S=S=S=S. The van der Waals surface area contributed by atoms with Crippen molar-refractivity contribution in [3.8, 4) is 0 Å². The molecule has 23 heteroatoms. The number of aliphatic hydroxyl groups is 1. The Balaban J connectivity index is 0.000000677. The molecule has 1 aliphatic rings. The Bertz CT molecular complexity index is 1670. The van der Waals surface area contributed by atoms with E-state index in [4.69, 9.17) is 46.8 Å². The van der Waals surface area contributed by atoms with Gasteiger partial charge in [-0.3, -0.25) is 9.59 Å². The second kappa shape index (κ2) is 27.2. The third-order valence-electron chi connectivity index (χ3n) is 4.74. The van der Waals surface area contributed by atoms with Crippen LogP contribution >= 0.6 is 0 Å². The van der Waals surface area contributed by atoms with Crippen LogP contribution < -0.4 is 0 Å². The molecule has 1 saturated heterocycles. The molecule has 1 unspecified atom stereocenters. The Morgan fingerprint density at radius 2 is 1.46 bits per heavy atom. The molecule has 1 aliphatic heterocycles. The molecular weight excluding hydrogens is 853 g/mol. The average Bonchev–Trinajstić information content (AvgIpc) is 3.27. The van der Waals surface area contributed by atoms with E-state index in [0.717, 1.165) is 5.56 Å². The zero-order valence-corrected chi connectivity index (χ0v) is 34.2. The Hall–Kier alpha value is -0.640. The standard InChI is InChI=1S/C14H16O5.C9H12O5.S13/c1-2-8-14(18,9-12(15)16)13(17)19-10-11-6-4-3-5-7-11;1-3-4-9(5-7(10)11)8(12)13-6(2)14-9;1-3-5-7-9-11-13-12-10-8-6-4-2/h2-7,18H,1,8-10H2,(H,15,16);3,6H,1,4-5H2,2H3,(H,10,11);/t14-;6-,9?;/m10./s1. The van der Waals surface area contributed by atoms with Crippen LogP contribution in [0.15, 0.2) is 55.6 Å². The van der Waals surface area contributed by atoms with Crippen LogP contribution in [-0.2, 0) is 160 Å². The van der Waals surface area contributed by atoms with Crippen molar-refractivity contribution in [2.24, 2.45) is 0 Å². The van der Waals surface area contributed by atoms with E-state index in [-0.39, 0.29) is 19.4 Å². The molecule has 0 radical (unpaired) electrons. The quantitative estimate of drug-likeness (QED) is 0.221. The molecule has 3 atom stereocenters. The predicted molar refractivity (Wildman–Crippen MR) is 210 cm³/mol. The van der Waals surface area contributed by atoms with E-state index in [1.807, 2.05) is 6.07 Å². The van der Waals surface area contributed by atoms with E-state index in [0.29, 0.717) is 0 Å². The molecule has 1 aromatic carbocycles. The van der Waals surface area contributed by atoms with Crippen molar-refractivity contribution in [2.75, 3.05) is 0 Å². The first-order valence-corrected chi connectivity index (χ1v) is 28.0. The fourth-order valence-electron chi connectivity index (χ4n) is 3.12. The minimum Gasteiger partial charge on any atom is -0.481 e. The summed E-state index contributed by atoms with van der Waals surface area (Å²) in [6.07, 6.45) is 0.890. The lowest BCUT2D eigenvalue weighted by Gasteiger charge is -2.22. The molecule has 2 rings (SSSR count). The highest BCUT2D eigenvalue weighted by Gasteiger charge is 2.49. The van der Waals surface area contributed by atoms with Crippen molar-refractivity contribution in [1.29, 1.82) is 0 Å². The molecule has 0 amide bonds. The molecule has 258 valence electrons. The highest BCUT2D eigenvalue weighted by atomic mass is 33.5. The number of carboxylic acids is 2. The molecular formula is C23H28O10S13. The molecule has 0 spiro atoms. The number of esters is 2. The lowest BCUT2D eigenvalue weighted by Crippen LogP contribution is -2.41. The fraction of sp³-hybridized carbons (Fsp3) is 0.391. The maximum atomic E-state index is 11.8. The van der Waals surface area contributed by atoms with Gasteiger partial charge in [-0.05, 0) is 12.5 Å². The van der Waals surface area contributed by atoms with Gasteiger partial charge >= 0.3 is 23.9 Å². The number of ether oxygens (including phenoxy) is 3. The van der Waals surface area contributed by atoms with E-state index in [9.17, 15) is 24.3 Å². The Labute approximate surface area is 307 Å². The normalized spacial score (nSPS) is 17.0. The van der Waals surface area contributed by atoms with Crippen LogP contribution in [0.1, 0.15) is 38.2 Å². The zero-order valence-electron chi connectivity index (χ0n) is 23.6.